The number of hydrogen-bond donors (Lipinski definition) is 1. The first-order chi connectivity index (χ1) is 9.25. The molecule has 104 valence electrons. The Balaban J connectivity index is 1.66. The fourth-order valence-electron chi connectivity index (χ4n) is 2.92. The fourth-order valence-corrected chi connectivity index (χ4v) is 3.60. The summed E-state index contributed by atoms with van der Waals surface area (Å²) in [6, 6.07) is 0.0358. The van der Waals surface area contributed by atoms with Crippen molar-refractivity contribution in [2.45, 2.75) is 31.4 Å². The predicted octanol–water partition coefficient (Wildman–Crippen LogP) is 1.17. The number of morpholine rings is 1. The van der Waals surface area contributed by atoms with Gasteiger partial charge in [0.25, 0.3) is 0 Å². The van der Waals surface area contributed by atoms with Crippen molar-refractivity contribution in [2.75, 3.05) is 19.7 Å². The Bertz CT molecular complexity index is 437. The molecule has 1 aromatic rings. The number of rotatable bonds is 2. The summed E-state index contributed by atoms with van der Waals surface area (Å²) in [5, 5.41) is 2.89. The molecule has 0 bridgehead atoms. The van der Waals surface area contributed by atoms with Crippen molar-refractivity contribution >= 4 is 17.2 Å². The molecule has 0 radical (unpaired) electrons. The number of thiazole rings is 1. The van der Waals surface area contributed by atoms with E-state index in [0.717, 1.165) is 24.3 Å². The number of amides is 1. The Morgan fingerprint density at radius 1 is 1.53 bits per heavy atom. The third kappa shape index (κ3) is 2.66. The quantitative estimate of drug-likeness (QED) is 0.883. The molecule has 1 saturated heterocycles. The van der Waals surface area contributed by atoms with Crippen LogP contribution in [0.1, 0.15) is 30.4 Å². The number of ether oxygens (including phenoxy) is 1. The molecule has 3 unspecified atom stereocenters. The van der Waals surface area contributed by atoms with Crippen molar-refractivity contribution in [2.24, 2.45) is 11.7 Å². The normalized spacial score (nSPS) is 31.6. The molecule has 1 aliphatic heterocycles. The summed E-state index contributed by atoms with van der Waals surface area (Å²) in [4.78, 5) is 18.7. The van der Waals surface area contributed by atoms with E-state index >= 15 is 0 Å². The molecule has 3 atom stereocenters. The third-order valence-electron chi connectivity index (χ3n) is 3.99. The van der Waals surface area contributed by atoms with E-state index in [4.69, 9.17) is 10.5 Å². The lowest BCUT2D eigenvalue weighted by Gasteiger charge is -2.34. The van der Waals surface area contributed by atoms with Gasteiger partial charge in [0.1, 0.15) is 11.1 Å². The molecule has 6 heteroatoms. The molecule has 0 spiro atoms. The average molecular weight is 281 g/mol. The maximum atomic E-state index is 12.5. The predicted molar refractivity (Wildman–Crippen MR) is 72.7 cm³/mol. The molecule has 5 nitrogen and oxygen atoms in total. The van der Waals surface area contributed by atoms with Crippen molar-refractivity contribution in [3.05, 3.63) is 16.6 Å². The molecule has 19 heavy (non-hydrogen) atoms. The van der Waals surface area contributed by atoms with E-state index in [1.165, 1.54) is 0 Å². The molecule has 1 aliphatic carbocycles. The van der Waals surface area contributed by atoms with Gasteiger partial charge in [-0.1, -0.05) is 6.42 Å². The zero-order valence-corrected chi connectivity index (χ0v) is 11.6. The molecule has 2 heterocycles. The SMILES string of the molecule is NC1CCCC1C(=O)N1CCOC(c2nccs2)C1. The zero-order chi connectivity index (χ0) is 13.2. The second-order valence-corrected chi connectivity index (χ2v) is 6.14. The maximum Gasteiger partial charge on any atom is 0.227 e. The van der Waals surface area contributed by atoms with Gasteiger partial charge in [0.15, 0.2) is 0 Å². The maximum absolute atomic E-state index is 12.5. The van der Waals surface area contributed by atoms with Crippen LogP contribution in [-0.2, 0) is 9.53 Å². The number of carbonyl (C=O) groups is 1. The standard InChI is InChI=1S/C13H19N3O2S/c14-10-3-1-2-9(10)13(17)16-5-6-18-11(8-16)12-15-4-7-19-12/h4,7,9-11H,1-3,5-6,8,14H2. The van der Waals surface area contributed by atoms with Crippen LogP contribution in [-0.4, -0.2) is 41.5 Å². The lowest BCUT2D eigenvalue weighted by atomic mass is 10.0. The van der Waals surface area contributed by atoms with E-state index < -0.39 is 0 Å². The van der Waals surface area contributed by atoms with E-state index in [1.54, 1.807) is 17.5 Å². The second kappa shape index (κ2) is 5.56. The van der Waals surface area contributed by atoms with Crippen LogP contribution in [0.25, 0.3) is 0 Å². The largest absolute Gasteiger partial charge is 0.367 e. The van der Waals surface area contributed by atoms with Gasteiger partial charge in [0.05, 0.1) is 19.1 Å². The van der Waals surface area contributed by atoms with Crippen molar-refractivity contribution in [3.8, 4) is 0 Å². The van der Waals surface area contributed by atoms with Gasteiger partial charge in [-0.3, -0.25) is 4.79 Å². The minimum Gasteiger partial charge on any atom is -0.367 e. The van der Waals surface area contributed by atoms with Gasteiger partial charge >= 0.3 is 0 Å². The molecule has 2 N–H and O–H groups in total. The highest BCUT2D eigenvalue weighted by molar-refractivity contribution is 7.09. The molecule has 2 fully saturated rings. The fraction of sp³-hybridized carbons (Fsp3) is 0.692. The number of carbonyl (C=O) groups excluding carboxylic acids is 1. The van der Waals surface area contributed by atoms with Gasteiger partial charge in [-0.2, -0.15) is 0 Å². The van der Waals surface area contributed by atoms with Gasteiger partial charge in [-0.15, -0.1) is 11.3 Å². The molecule has 1 amide bonds. The van der Waals surface area contributed by atoms with Crippen LogP contribution in [0.15, 0.2) is 11.6 Å². The van der Waals surface area contributed by atoms with Gasteiger partial charge in [-0.05, 0) is 12.8 Å². The second-order valence-electron chi connectivity index (χ2n) is 5.22. The van der Waals surface area contributed by atoms with E-state index in [0.29, 0.717) is 19.7 Å². The summed E-state index contributed by atoms with van der Waals surface area (Å²) >= 11 is 1.58. The smallest absolute Gasteiger partial charge is 0.227 e. The van der Waals surface area contributed by atoms with Gasteiger partial charge in [-0.25, -0.2) is 4.98 Å². The van der Waals surface area contributed by atoms with Gasteiger partial charge in [0.2, 0.25) is 5.91 Å². The summed E-state index contributed by atoms with van der Waals surface area (Å²) < 4.78 is 5.71. The molecular formula is C13H19N3O2S. The highest BCUT2D eigenvalue weighted by Crippen LogP contribution is 2.29. The molecular weight excluding hydrogens is 262 g/mol. The van der Waals surface area contributed by atoms with Gasteiger partial charge < -0.3 is 15.4 Å². The lowest BCUT2D eigenvalue weighted by molar-refractivity contribution is -0.143. The summed E-state index contributed by atoms with van der Waals surface area (Å²) in [5.41, 5.74) is 6.03. The van der Waals surface area contributed by atoms with E-state index in [2.05, 4.69) is 4.98 Å². The van der Waals surface area contributed by atoms with Crippen LogP contribution < -0.4 is 5.73 Å². The number of nitrogens with zero attached hydrogens (tertiary/aromatic N) is 2. The Morgan fingerprint density at radius 2 is 2.42 bits per heavy atom. The summed E-state index contributed by atoms with van der Waals surface area (Å²) in [7, 11) is 0. The van der Waals surface area contributed by atoms with Crippen molar-refractivity contribution in [1.29, 1.82) is 0 Å². The average Bonchev–Trinajstić information content (AvgIpc) is 3.09. The third-order valence-corrected chi connectivity index (χ3v) is 4.86. The molecule has 1 saturated carbocycles. The van der Waals surface area contributed by atoms with E-state index in [-0.39, 0.29) is 24.0 Å². The summed E-state index contributed by atoms with van der Waals surface area (Å²) in [6.07, 6.45) is 4.67. The summed E-state index contributed by atoms with van der Waals surface area (Å²) in [6.45, 7) is 1.86. The Hall–Kier alpha value is -0.980. The Morgan fingerprint density at radius 3 is 3.11 bits per heavy atom. The van der Waals surface area contributed by atoms with Crippen LogP contribution in [0, 0.1) is 5.92 Å². The number of nitrogens with two attached hydrogens (primary N) is 1. The topological polar surface area (TPSA) is 68.5 Å². The Labute approximate surface area is 116 Å². The van der Waals surface area contributed by atoms with Crippen LogP contribution in [0.4, 0.5) is 0 Å². The molecule has 1 aromatic heterocycles. The van der Waals surface area contributed by atoms with Crippen LogP contribution >= 0.6 is 11.3 Å². The zero-order valence-electron chi connectivity index (χ0n) is 10.8. The monoisotopic (exact) mass is 281 g/mol. The van der Waals surface area contributed by atoms with Crippen molar-refractivity contribution in [3.63, 3.8) is 0 Å². The summed E-state index contributed by atoms with van der Waals surface area (Å²) in [5.74, 6) is 0.213. The Kier molecular flexibility index (Phi) is 3.81. The first-order valence-corrected chi connectivity index (χ1v) is 7.69. The van der Waals surface area contributed by atoms with E-state index in [1.807, 2.05) is 10.3 Å². The minimum atomic E-state index is -0.0738. The number of hydrogen-bond acceptors (Lipinski definition) is 5. The van der Waals surface area contributed by atoms with Crippen molar-refractivity contribution in [1.82, 2.24) is 9.88 Å². The van der Waals surface area contributed by atoms with Crippen molar-refractivity contribution < 1.29 is 9.53 Å². The molecule has 2 aliphatic rings. The van der Waals surface area contributed by atoms with Gasteiger partial charge in [0, 0.05) is 24.2 Å². The first kappa shape index (κ1) is 13.0. The van der Waals surface area contributed by atoms with E-state index in [9.17, 15) is 4.79 Å². The highest BCUT2D eigenvalue weighted by atomic mass is 32.1. The van der Waals surface area contributed by atoms with Crippen LogP contribution in [0.5, 0.6) is 0 Å². The van der Waals surface area contributed by atoms with Crippen LogP contribution in [0.3, 0.4) is 0 Å². The lowest BCUT2D eigenvalue weighted by Crippen LogP contribution is -2.47. The molecule has 0 aromatic carbocycles. The first-order valence-electron chi connectivity index (χ1n) is 6.81. The molecule has 3 rings (SSSR count). The van der Waals surface area contributed by atoms with Crippen LogP contribution in [0.2, 0.25) is 0 Å². The minimum absolute atomic E-state index is 0.00930. The number of aromatic nitrogens is 1. The highest BCUT2D eigenvalue weighted by Gasteiger charge is 2.36.